The van der Waals surface area contributed by atoms with E-state index >= 15 is 0 Å². The first-order chi connectivity index (χ1) is 8.21. The van der Waals surface area contributed by atoms with E-state index in [1.165, 1.54) is 24.3 Å². The van der Waals surface area contributed by atoms with Crippen molar-refractivity contribution >= 4 is 0 Å². The van der Waals surface area contributed by atoms with Gasteiger partial charge >= 0.3 is 12.6 Å². The first kappa shape index (κ1) is 14.6. The SMILES string of the molecule is FC(F)(F)N(OCOc1ccccc1)C(F)(F)F. The minimum absolute atomic E-state index is 0.0850. The van der Waals surface area contributed by atoms with Crippen molar-refractivity contribution in [1.29, 1.82) is 0 Å². The van der Waals surface area contributed by atoms with Crippen molar-refractivity contribution in [2.45, 2.75) is 12.6 Å². The van der Waals surface area contributed by atoms with Gasteiger partial charge in [0.05, 0.1) is 0 Å². The van der Waals surface area contributed by atoms with Crippen LogP contribution < -0.4 is 4.74 Å². The van der Waals surface area contributed by atoms with Crippen LogP contribution >= 0.6 is 0 Å². The Balaban J connectivity index is 2.54. The molecule has 0 unspecified atom stereocenters. The molecule has 0 fully saturated rings. The summed E-state index contributed by atoms with van der Waals surface area (Å²) in [4.78, 5) is 3.54. The third kappa shape index (κ3) is 4.41. The quantitative estimate of drug-likeness (QED) is 0.364. The van der Waals surface area contributed by atoms with Gasteiger partial charge in [-0.3, -0.25) is 0 Å². The van der Waals surface area contributed by atoms with Crippen LogP contribution in [0.5, 0.6) is 5.75 Å². The van der Waals surface area contributed by atoms with E-state index in [2.05, 4.69) is 9.57 Å². The van der Waals surface area contributed by atoms with Crippen LogP contribution in [-0.4, -0.2) is 24.5 Å². The van der Waals surface area contributed by atoms with Gasteiger partial charge in [0.25, 0.3) is 0 Å². The number of alkyl halides is 6. The normalized spacial score (nSPS) is 12.8. The molecule has 3 nitrogen and oxygen atoms in total. The predicted molar refractivity (Wildman–Crippen MR) is 47.0 cm³/mol. The van der Waals surface area contributed by atoms with Crippen LogP contribution in [-0.2, 0) is 4.84 Å². The second-order valence-electron chi connectivity index (χ2n) is 2.93. The smallest absolute Gasteiger partial charge is 0.466 e. The summed E-state index contributed by atoms with van der Waals surface area (Å²) in [6.45, 7) is -1.22. The van der Waals surface area contributed by atoms with E-state index in [0.29, 0.717) is 0 Å². The van der Waals surface area contributed by atoms with E-state index in [0.717, 1.165) is 0 Å². The lowest BCUT2D eigenvalue weighted by Crippen LogP contribution is -2.48. The van der Waals surface area contributed by atoms with Crippen LogP contribution in [0.3, 0.4) is 0 Å². The van der Waals surface area contributed by atoms with Crippen molar-refractivity contribution in [1.82, 2.24) is 5.06 Å². The molecule has 0 atom stereocenters. The molecule has 1 aromatic rings. The van der Waals surface area contributed by atoms with E-state index in [1.807, 2.05) is 0 Å². The predicted octanol–water partition coefficient (Wildman–Crippen LogP) is 3.30. The third-order valence-corrected chi connectivity index (χ3v) is 1.61. The second-order valence-corrected chi connectivity index (χ2v) is 2.93. The first-order valence-corrected chi connectivity index (χ1v) is 4.46. The molecular formula is C9H7F6NO2. The Bertz CT molecular complexity index is 350. The molecular weight excluding hydrogens is 268 g/mol. The zero-order valence-corrected chi connectivity index (χ0v) is 8.63. The molecule has 1 rings (SSSR count). The maximum atomic E-state index is 12.0. The zero-order valence-electron chi connectivity index (χ0n) is 8.63. The fourth-order valence-electron chi connectivity index (χ4n) is 0.954. The van der Waals surface area contributed by atoms with Gasteiger partial charge in [0.15, 0.2) is 0 Å². The Labute approximate surface area is 97.5 Å². The second kappa shape index (κ2) is 5.44. The number of hydrogen-bond donors (Lipinski definition) is 0. The summed E-state index contributed by atoms with van der Waals surface area (Å²) >= 11 is 0. The standard InChI is InChI=1S/C9H7F6NO2/c10-8(11,12)16(9(13,14)15)18-6-17-7-4-2-1-3-5-7/h1-5H,6H2. The minimum Gasteiger partial charge on any atom is -0.466 e. The molecule has 0 spiro atoms. The monoisotopic (exact) mass is 275 g/mol. The molecule has 0 aromatic heterocycles. The van der Waals surface area contributed by atoms with Crippen LogP contribution in [0, 0.1) is 0 Å². The Kier molecular flexibility index (Phi) is 4.41. The molecule has 102 valence electrons. The summed E-state index contributed by atoms with van der Waals surface area (Å²) in [5.41, 5.74) is 0. The van der Waals surface area contributed by atoms with Crippen LogP contribution in [0.1, 0.15) is 0 Å². The molecule has 0 aliphatic rings. The summed E-state index contributed by atoms with van der Waals surface area (Å²) in [5, 5.41) is -2.02. The van der Waals surface area contributed by atoms with Gasteiger partial charge in [-0.25, -0.2) is 4.84 Å². The van der Waals surface area contributed by atoms with Gasteiger partial charge in [-0.05, 0) is 12.1 Å². The molecule has 0 saturated heterocycles. The van der Waals surface area contributed by atoms with Gasteiger partial charge in [0, 0.05) is 5.06 Å². The number of para-hydroxylation sites is 1. The van der Waals surface area contributed by atoms with Gasteiger partial charge in [-0.2, -0.15) is 26.3 Å². The third-order valence-electron chi connectivity index (χ3n) is 1.61. The highest BCUT2D eigenvalue weighted by Gasteiger charge is 2.56. The molecule has 18 heavy (non-hydrogen) atoms. The van der Waals surface area contributed by atoms with Crippen molar-refractivity contribution in [3.63, 3.8) is 0 Å². The Morgan fingerprint density at radius 3 is 1.83 bits per heavy atom. The van der Waals surface area contributed by atoms with Gasteiger partial charge in [0.2, 0.25) is 6.79 Å². The average Bonchev–Trinajstić information content (AvgIpc) is 2.22. The van der Waals surface area contributed by atoms with Crippen LogP contribution in [0.2, 0.25) is 0 Å². The van der Waals surface area contributed by atoms with Gasteiger partial charge < -0.3 is 4.74 Å². The molecule has 0 bridgehead atoms. The maximum Gasteiger partial charge on any atom is 0.490 e. The lowest BCUT2D eigenvalue weighted by molar-refractivity contribution is -0.490. The van der Waals surface area contributed by atoms with Gasteiger partial charge in [-0.15, -0.1) is 0 Å². The largest absolute Gasteiger partial charge is 0.490 e. The number of halogens is 6. The molecule has 0 aliphatic heterocycles. The Hall–Kier alpha value is -1.48. The molecule has 0 heterocycles. The number of ether oxygens (including phenoxy) is 1. The van der Waals surface area contributed by atoms with Crippen LogP contribution in [0.25, 0.3) is 0 Å². The van der Waals surface area contributed by atoms with Crippen molar-refractivity contribution in [3.8, 4) is 5.75 Å². The van der Waals surface area contributed by atoms with Gasteiger partial charge in [-0.1, -0.05) is 18.2 Å². The van der Waals surface area contributed by atoms with Crippen LogP contribution in [0.4, 0.5) is 26.3 Å². The number of hydroxylamine groups is 2. The fraction of sp³-hybridized carbons (Fsp3) is 0.333. The minimum atomic E-state index is -5.70. The average molecular weight is 275 g/mol. The number of hydrogen-bond acceptors (Lipinski definition) is 3. The van der Waals surface area contributed by atoms with Crippen molar-refractivity contribution in [3.05, 3.63) is 30.3 Å². The topological polar surface area (TPSA) is 21.7 Å². The molecule has 0 amide bonds. The summed E-state index contributed by atoms with van der Waals surface area (Å²) in [5.74, 6) is 0.0850. The number of nitrogens with zero attached hydrogens (tertiary/aromatic N) is 1. The lowest BCUT2D eigenvalue weighted by atomic mass is 10.3. The summed E-state index contributed by atoms with van der Waals surface area (Å²) in [7, 11) is 0. The zero-order chi connectivity index (χ0) is 13.8. The van der Waals surface area contributed by atoms with Crippen molar-refractivity contribution < 1.29 is 35.9 Å². The highest BCUT2D eigenvalue weighted by Crippen LogP contribution is 2.33. The van der Waals surface area contributed by atoms with E-state index in [4.69, 9.17) is 0 Å². The fourth-order valence-corrected chi connectivity index (χ4v) is 0.954. The van der Waals surface area contributed by atoms with Gasteiger partial charge in [0.1, 0.15) is 5.75 Å². The summed E-state index contributed by atoms with van der Waals surface area (Å²) in [6.07, 6.45) is -11.4. The maximum absolute atomic E-state index is 12.0. The Morgan fingerprint density at radius 2 is 1.39 bits per heavy atom. The summed E-state index contributed by atoms with van der Waals surface area (Å²) < 4.78 is 76.4. The highest BCUT2D eigenvalue weighted by atomic mass is 19.4. The van der Waals surface area contributed by atoms with Crippen LogP contribution in [0.15, 0.2) is 30.3 Å². The van der Waals surface area contributed by atoms with Crippen molar-refractivity contribution in [2.75, 3.05) is 6.79 Å². The number of benzene rings is 1. The van der Waals surface area contributed by atoms with Crippen molar-refractivity contribution in [2.24, 2.45) is 0 Å². The molecule has 0 saturated carbocycles. The lowest BCUT2D eigenvalue weighted by Gasteiger charge is -2.25. The Morgan fingerprint density at radius 1 is 0.889 bits per heavy atom. The van der Waals surface area contributed by atoms with E-state index in [1.54, 1.807) is 6.07 Å². The number of rotatable bonds is 4. The van der Waals surface area contributed by atoms with E-state index < -0.39 is 24.5 Å². The molecule has 9 heteroatoms. The molecule has 0 radical (unpaired) electrons. The highest BCUT2D eigenvalue weighted by molar-refractivity contribution is 5.20. The van der Waals surface area contributed by atoms with E-state index in [-0.39, 0.29) is 5.75 Å². The molecule has 0 N–H and O–H groups in total. The summed E-state index contributed by atoms with van der Waals surface area (Å²) in [6, 6.07) is 7.32. The molecule has 1 aromatic carbocycles. The van der Waals surface area contributed by atoms with E-state index in [9.17, 15) is 26.3 Å². The first-order valence-electron chi connectivity index (χ1n) is 4.46. The molecule has 0 aliphatic carbocycles.